The van der Waals surface area contributed by atoms with Crippen molar-refractivity contribution in [3.05, 3.63) is 93.7 Å². The van der Waals surface area contributed by atoms with Gasteiger partial charge in [0.25, 0.3) is 0 Å². The number of hydrogen-bond donors (Lipinski definition) is 2. The van der Waals surface area contributed by atoms with Gasteiger partial charge in [0.2, 0.25) is 0 Å². The smallest absolute Gasteiger partial charge is 0.319 e. The minimum Gasteiger partial charge on any atom is -0.497 e. The van der Waals surface area contributed by atoms with Gasteiger partial charge >= 0.3 is 6.03 Å². The molecule has 0 unspecified atom stereocenters. The summed E-state index contributed by atoms with van der Waals surface area (Å²) < 4.78 is 7.16. The number of nitrogens with zero attached hydrogens (tertiary/aromatic N) is 3. The van der Waals surface area contributed by atoms with Gasteiger partial charge in [0.15, 0.2) is 11.0 Å². The van der Waals surface area contributed by atoms with E-state index in [0.29, 0.717) is 32.5 Å². The first kappa shape index (κ1) is 25.9. The number of amides is 2. The first-order valence-electron chi connectivity index (χ1n) is 11.3. The van der Waals surface area contributed by atoms with Crippen molar-refractivity contribution < 1.29 is 9.53 Å². The number of aryl methyl sites for hydroxylation is 1. The lowest BCUT2D eigenvalue weighted by molar-refractivity contribution is 0.251. The minimum atomic E-state index is -0.335. The van der Waals surface area contributed by atoms with Gasteiger partial charge in [-0.15, -0.1) is 10.2 Å². The third-order valence-electron chi connectivity index (χ3n) is 5.41. The first-order chi connectivity index (χ1) is 17.5. The lowest BCUT2D eigenvalue weighted by Crippen LogP contribution is -2.29. The number of rotatable bonds is 9. The summed E-state index contributed by atoms with van der Waals surface area (Å²) in [7, 11) is 1.64. The second-order valence-corrected chi connectivity index (χ2v) is 9.57. The number of ether oxygens (including phenoxy) is 1. The Morgan fingerprint density at radius 3 is 2.67 bits per heavy atom. The Kier molecular flexibility index (Phi) is 8.74. The monoisotopic (exact) mass is 541 g/mol. The minimum absolute atomic E-state index is 0.145. The molecular weight excluding hydrogens is 517 g/mol. The zero-order valence-corrected chi connectivity index (χ0v) is 22.1. The molecule has 4 aromatic rings. The van der Waals surface area contributed by atoms with Crippen LogP contribution in [-0.4, -0.2) is 27.9 Å². The van der Waals surface area contributed by atoms with E-state index in [4.69, 9.17) is 27.9 Å². The predicted molar refractivity (Wildman–Crippen MR) is 146 cm³/mol. The lowest BCUT2D eigenvalue weighted by Gasteiger charge is -2.14. The van der Waals surface area contributed by atoms with E-state index in [1.807, 2.05) is 66.1 Å². The molecule has 0 aliphatic heterocycles. The number of anilines is 1. The summed E-state index contributed by atoms with van der Waals surface area (Å²) in [6.07, 6.45) is 0.813. The Hall–Kier alpha value is -3.20. The van der Waals surface area contributed by atoms with E-state index in [1.165, 1.54) is 11.8 Å². The number of methoxy groups -OCH3 is 1. The number of carbonyl (C=O) groups is 1. The molecule has 36 heavy (non-hydrogen) atoms. The highest BCUT2D eigenvalue weighted by molar-refractivity contribution is 7.98. The molecule has 10 heteroatoms. The summed E-state index contributed by atoms with van der Waals surface area (Å²) >= 11 is 14.2. The van der Waals surface area contributed by atoms with Gasteiger partial charge in [-0.25, -0.2) is 4.79 Å². The molecule has 2 amide bonds. The fraction of sp³-hybridized carbons (Fsp3) is 0.192. The highest BCUT2D eigenvalue weighted by Gasteiger charge is 2.18. The molecule has 7 nitrogen and oxygen atoms in total. The maximum atomic E-state index is 12.7. The molecule has 0 bridgehead atoms. The summed E-state index contributed by atoms with van der Waals surface area (Å²) in [6.45, 7) is 2.19. The Morgan fingerprint density at radius 2 is 1.89 bits per heavy atom. The van der Waals surface area contributed by atoms with Gasteiger partial charge in [-0.1, -0.05) is 72.2 Å². The third kappa shape index (κ3) is 6.32. The summed E-state index contributed by atoms with van der Waals surface area (Å²) in [6, 6.07) is 20.4. The van der Waals surface area contributed by atoms with Crippen molar-refractivity contribution in [2.75, 3.05) is 12.4 Å². The summed E-state index contributed by atoms with van der Waals surface area (Å²) in [5, 5.41) is 16.1. The van der Waals surface area contributed by atoms with Gasteiger partial charge in [0.05, 0.1) is 24.4 Å². The Morgan fingerprint density at radius 1 is 1.06 bits per heavy atom. The van der Waals surface area contributed by atoms with E-state index < -0.39 is 0 Å². The number of thioether (sulfide) groups is 1. The molecule has 0 fully saturated rings. The average molecular weight is 542 g/mol. The Balaban J connectivity index is 1.55. The highest BCUT2D eigenvalue weighted by atomic mass is 35.5. The number of urea groups is 1. The van der Waals surface area contributed by atoms with E-state index in [2.05, 4.69) is 20.8 Å². The van der Waals surface area contributed by atoms with Gasteiger partial charge in [0, 0.05) is 16.5 Å². The van der Waals surface area contributed by atoms with Crippen LogP contribution in [0.5, 0.6) is 5.75 Å². The molecule has 2 N–H and O–H groups in total. The molecule has 3 aromatic carbocycles. The van der Waals surface area contributed by atoms with E-state index in [9.17, 15) is 4.79 Å². The standard InChI is InChI=1S/C26H25Cl2N5O2S/c1-3-18-8-4-5-10-22(18)30-25(34)29-15-24-31-32-26(33(24)23-12-11-19(27)14-21(23)28)36-16-17-7-6-9-20(13-17)35-2/h4-14H,3,15-16H2,1-2H3,(H2,29,30,34). The van der Waals surface area contributed by atoms with E-state index in [1.54, 1.807) is 19.2 Å². The van der Waals surface area contributed by atoms with Gasteiger partial charge in [-0.05, 0) is 53.9 Å². The van der Waals surface area contributed by atoms with E-state index in [0.717, 1.165) is 29.0 Å². The Labute approximate surface area is 224 Å². The van der Waals surface area contributed by atoms with Crippen molar-refractivity contribution in [1.29, 1.82) is 0 Å². The number of benzene rings is 3. The maximum Gasteiger partial charge on any atom is 0.319 e. The molecule has 0 saturated heterocycles. The predicted octanol–water partition coefficient (Wildman–Crippen LogP) is 6.76. The van der Waals surface area contributed by atoms with Crippen LogP contribution >= 0.6 is 35.0 Å². The average Bonchev–Trinajstić information content (AvgIpc) is 3.29. The van der Waals surface area contributed by atoms with Gasteiger partial charge < -0.3 is 15.4 Å². The number of aromatic nitrogens is 3. The summed E-state index contributed by atoms with van der Waals surface area (Å²) in [5.41, 5.74) is 3.58. The van der Waals surface area contributed by atoms with Crippen LogP contribution < -0.4 is 15.4 Å². The number of halogens is 2. The second kappa shape index (κ2) is 12.2. The van der Waals surface area contributed by atoms with Crippen molar-refractivity contribution in [2.24, 2.45) is 0 Å². The van der Waals surface area contributed by atoms with Crippen LogP contribution in [0.2, 0.25) is 10.0 Å². The molecule has 0 spiro atoms. The summed E-state index contributed by atoms with van der Waals surface area (Å²) in [4.78, 5) is 12.7. The molecule has 0 atom stereocenters. The molecular formula is C26H25Cl2N5O2S. The largest absolute Gasteiger partial charge is 0.497 e. The Bertz CT molecular complexity index is 1360. The zero-order chi connectivity index (χ0) is 25.5. The highest BCUT2D eigenvalue weighted by Crippen LogP contribution is 2.31. The zero-order valence-electron chi connectivity index (χ0n) is 19.8. The van der Waals surface area contributed by atoms with Crippen LogP contribution in [0.15, 0.2) is 71.9 Å². The van der Waals surface area contributed by atoms with Crippen molar-refractivity contribution >= 4 is 46.7 Å². The van der Waals surface area contributed by atoms with Crippen LogP contribution in [0.1, 0.15) is 23.9 Å². The van der Waals surface area contributed by atoms with Gasteiger partial charge in [-0.3, -0.25) is 4.57 Å². The lowest BCUT2D eigenvalue weighted by atomic mass is 10.1. The van der Waals surface area contributed by atoms with Gasteiger partial charge in [-0.2, -0.15) is 0 Å². The van der Waals surface area contributed by atoms with Crippen LogP contribution in [-0.2, 0) is 18.7 Å². The topological polar surface area (TPSA) is 81.1 Å². The normalized spacial score (nSPS) is 10.8. The molecule has 0 radical (unpaired) electrons. The molecule has 4 rings (SSSR count). The van der Waals surface area contributed by atoms with Crippen LogP contribution in [0.3, 0.4) is 0 Å². The van der Waals surface area contributed by atoms with Crippen LogP contribution in [0, 0.1) is 0 Å². The van der Waals surface area contributed by atoms with Crippen LogP contribution in [0.4, 0.5) is 10.5 Å². The molecule has 0 aliphatic carbocycles. The maximum absolute atomic E-state index is 12.7. The molecule has 1 aromatic heterocycles. The van der Waals surface area contributed by atoms with Crippen molar-refractivity contribution in [3.8, 4) is 11.4 Å². The third-order valence-corrected chi connectivity index (χ3v) is 6.94. The molecule has 0 aliphatic rings. The molecule has 186 valence electrons. The molecule has 0 saturated carbocycles. The second-order valence-electron chi connectivity index (χ2n) is 7.79. The van der Waals surface area contributed by atoms with Gasteiger partial charge in [0.1, 0.15) is 5.75 Å². The van der Waals surface area contributed by atoms with Crippen molar-refractivity contribution in [1.82, 2.24) is 20.1 Å². The fourth-order valence-electron chi connectivity index (χ4n) is 3.60. The number of para-hydroxylation sites is 1. The van der Waals surface area contributed by atoms with E-state index >= 15 is 0 Å². The quantitative estimate of drug-likeness (QED) is 0.229. The molecule has 1 heterocycles. The number of hydrogen-bond acceptors (Lipinski definition) is 5. The fourth-order valence-corrected chi connectivity index (χ4v) is 5.00. The summed E-state index contributed by atoms with van der Waals surface area (Å²) in [5.74, 6) is 1.96. The SMILES string of the molecule is CCc1ccccc1NC(=O)NCc1nnc(SCc2cccc(OC)c2)n1-c1ccc(Cl)cc1Cl. The van der Waals surface area contributed by atoms with Crippen molar-refractivity contribution in [2.45, 2.75) is 30.8 Å². The first-order valence-corrected chi connectivity index (χ1v) is 13.0. The van der Waals surface area contributed by atoms with E-state index in [-0.39, 0.29) is 12.6 Å². The van der Waals surface area contributed by atoms with Crippen LogP contribution in [0.25, 0.3) is 5.69 Å². The number of nitrogens with one attached hydrogen (secondary N) is 2. The number of carbonyl (C=O) groups excluding carboxylic acids is 1. The van der Waals surface area contributed by atoms with Crippen molar-refractivity contribution in [3.63, 3.8) is 0 Å².